The van der Waals surface area contributed by atoms with E-state index in [0.29, 0.717) is 6.54 Å². The fraction of sp³-hybridized carbons (Fsp3) is 0.933. The van der Waals surface area contributed by atoms with Crippen LogP contribution < -0.4 is 5.32 Å². The van der Waals surface area contributed by atoms with Crippen LogP contribution in [0.2, 0.25) is 0 Å². The summed E-state index contributed by atoms with van der Waals surface area (Å²) in [5.74, 6) is 0.0602. The van der Waals surface area contributed by atoms with Crippen LogP contribution in [0.5, 0.6) is 0 Å². The van der Waals surface area contributed by atoms with Crippen LogP contribution in [0.15, 0.2) is 0 Å². The number of nitrogens with zero attached hydrogens (tertiary/aromatic N) is 1. The second-order valence-electron chi connectivity index (χ2n) is 6.22. The first kappa shape index (κ1) is 16.4. The van der Waals surface area contributed by atoms with Gasteiger partial charge in [-0.25, -0.2) is 0 Å². The van der Waals surface area contributed by atoms with Gasteiger partial charge in [-0.2, -0.15) is 0 Å². The normalized spacial score (nSPS) is 21.4. The van der Waals surface area contributed by atoms with Crippen molar-refractivity contribution in [3.05, 3.63) is 0 Å². The Bertz CT molecular complexity index is 288. The van der Waals surface area contributed by atoms with Crippen LogP contribution in [0.3, 0.4) is 0 Å². The number of nitrogens with one attached hydrogen (secondary N) is 1. The zero-order valence-corrected chi connectivity index (χ0v) is 12.9. The van der Waals surface area contributed by atoms with Crippen molar-refractivity contribution in [2.24, 2.45) is 0 Å². The molecule has 2 atom stereocenters. The molecule has 0 aromatic heterocycles. The summed E-state index contributed by atoms with van der Waals surface area (Å²) < 4.78 is 0. The van der Waals surface area contributed by atoms with Gasteiger partial charge in [0.25, 0.3) is 0 Å². The largest absolute Gasteiger partial charge is 0.389 e. The first-order chi connectivity index (χ1) is 8.88. The molecule has 0 heterocycles. The molecular formula is C15H30N2O2. The van der Waals surface area contributed by atoms with Crippen molar-refractivity contribution in [2.45, 2.75) is 77.0 Å². The maximum atomic E-state index is 12.1. The average molecular weight is 270 g/mol. The van der Waals surface area contributed by atoms with Crippen LogP contribution in [0.25, 0.3) is 0 Å². The molecule has 2 unspecified atom stereocenters. The highest BCUT2D eigenvalue weighted by Gasteiger charge is 2.34. The van der Waals surface area contributed by atoms with Gasteiger partial charge >= 0.3 is 0 Å². The van der Waals surface area contributed by atoms with Crippen LogP contribution >= 0.6 is 0 Å². The van der Waals surface area contributed by atoms with E-state index in [4.69, 9.17) is 0 Å². The van der Waals surface area contributed by atoms with E-state index < -0.39 is 5.60 Å². The predicted molar refractivity (Wildman–Crippen MR) is 78.0 cm³/mol. The molecule has 0 aliphatic heterocycles. The van der Waals surface area contributed by atoms with Crippen molar-refractivity contribution < 1.29 is 9.90 Å². The third kappa shape index (κ3) is 5.11. The Labute approximate surface area is 117 Å². The van der Waals surface area contributed by atoms with Crippen LogP contribution in [-0.2, 0) is 4.79 Å². The molecule has 4 heteroatoms. The van der Waals surface area contributed by atoms with Gasteiger partial charge in [0.2, 0.25) is 5.91 Å². The van der Waals surface area contributed by atoms with Crippen molar-refractivity contribution in [3.63, 3.8) is 0 Å². The quantitative estimate of drug-likeness (QED) is 0.743. The second-order valence-corrected chi connectivity index (χ2v) is 6.22. The van der Waals surface area contributed by atoms with E-state index in [-0.39, 0.29) is 18.0 Å². The number of amides is 1. The van der Waals surface area contributed by atoms with Crippen molar-refractivity contribution in [1.82, 2.24) is 10.2 Å². The van der Waals surface area contributed by atoms with Crippen LogP contribution in [0, 0.1) is 0 Å². The monoisotopic (exact) mass is 270 g/mol. The zero-order chi connectivity index (χ0) is 14.5. The molecule has 0 aromatic carbocycles. The average Bonchev–Trinajstić information content (AvgIpc) is 2.74. The van der Waals surface area contributed by atoms with E-state index in [9.17, 15) is 9.90 Å². The summed E-state index contributed by atoms with van der Waals surface area (Å²) >= 11 is 0. The van der Waals surface area contributed by atoms with Gasteiger partial charge in [-0.1, -0.05) is 26.2 Å². The standard InChI is InChI=1S/C15H30N2O2/c1-5-8-12(2)16-14(18)13(3)17(4)11-15(19)9-6-7-10-15/h12-13,19H,5-11H2,1-4H3,(H,16,18). The smallest absolute Gasteiger partial charge is 0.237 e. The lowest BCUT2D eigenvalue weighted by Crippen LogP contribution is -2.50. The topological polar surface area (TPSA) is 52.6 Å². The van der Waals surface area contributed by atoms with Gasteiger partial charge in [-0.05, 0) is 40.2 Å². The SMILES string of the molecule is CCCC(C)NC(=O)C(C)N(C)CC1(O)CCCC1. The molecule has 1 saturated carbocycles. The Kier molecular flexibility index (Phi) is 6.27. The molecule has 4 nitrogen and oxygen atoms in total. The first-order valence-electron chi connectivity index (χ1n) is 7.61. The lowest BCUT2D eigenvalue weighted by Gasteiger charge is -2.32. The molecule has 2 N–H and O–H groups in total. The number of likely N-dealkylation sites (N-methyl/N-ethyl adjacent to an activating group) is 1. The summed E-state index contributed by atoms with van der Waals surface area (Å²) in [5, 5.41) is 13.4. The minimum absolute atomic E-state index is 0.0602. The number of hydrogen-bond donors (Lipinski definition) is 2. The van der Waals surface area contributed by atoms with Crippen molar-refractivity contribution >= 4 is 5.91 Å². The summed E-state index contributed by atoms with van der Waals surface area (Å²) in [7, 11) is 1.92. The van der Waals surface area contributed by atoms with E-state index >= 15 is 0 Å². The van der Waals surface area contributed by atoms with Crippen molar-refractivity contribution in [3.8, 4) is 0 Å². The molecule has 19 heavy (non-hydrogen) atoms. The van der Waals surface area contributed by atoms with Gasteiger partial charge in [-0.3, -0.25) is 9.69 Å². The van der Waals surface area contributed by atoms with Crippen LogP contribution in [-0.4, -0.2) is 47.2 Å². The maximum Gasteiger partial charge on any atom is 0.237 e. The predicted octanol–water partition coefficient (Wildman–Crippen LogP) is 1.92. The minimum Gasteiger partial charge on any atom is -0.389 e. The van der Waals surface area contributed by atoms with Gasteiger partial charge in [-0.15, -0.1) is 0 Å². The Morgan fingerprint density at radius 3 is 2.47 bits per heavy atom. The van der Waals surface area contributed by atoms with Crippen LogP contribution in [0.1, 0.15) is 59.3 Å². The molecule has 1 amide bonds. The second kappa shape index (κ2) is 7.25. The Balaban J connectivity index is 2.42. The van der Waals surface area contributed by atoms with Crippen molar-refractivity contribution in [2.75, 3.05) is 13.6 Å². The number of rotatable bonds is 7. The highest BCUT2D eigenvalue weighted by molar-refractivity contribution is 5.81. The van der Waals surface area contributed by atoms with E-state index in [1.54, 1.807) is 0 Å². The van der Waals surface area contributed by atoms with E-state index in [2.05, 4.69) is 12.2 Å². The number of carbonyl (C=O) groups excluding carboxylic acids is 1. The fourth-order valence-corrected chi connectivity index (χ4v) is 2.86. The molecule has 0 saturated heterocycles. The lowest BCUT2D eigenvalue weighted by molar-refractivity contribution is -0.127. The molecule has 0 aromatic rings. The molecule has 0 radical (unpaired) electrons. The van der Waals surface area contributed by atoms with E-state index in [0.717, 1.165) is 38.5 Å². The fourth-order valence-electron chi connectivity index (χ4n) is 2.86. The molecule has 1 aliphatic rings. The first-order valence-corrected chi connectivity index (χ1v) is 7.61. The van der Waals surface area contributed by atoms with E-state index in [1.807, 2.05) is 25.8 Å². The highest BCUT2D eigenvalue weighted by atomic mass is 16.3. The third-order valence-electron chi connectivity index (χ3n) is 4.23. The summed E-state index contributed by atoms with van der Waals surface area (Å²) in [6, 6.07) is 0.0341. The highest BCUT2D eigenvalue weighted by Crippen LogP contribution is 2.30. The third-order valence-corrected chi connectivity index (χ3v) is 4.23. The van der Waals surface area contributed by atoms with Gasteiger partial charge < -0.3 is 10.4 Å². The Morgan fingerprint density at radius 1 is 1.37 bits per heavy atom. The van der Waals surface area contributed by atoms with Gasteiger partial charge in [0, 0.05) is 12.6 Å². The molecule has 1 fully saturated rings. The molecule has 112 valence electrons. The zero-order valence-electron chi connectivity index (χ0n) is 12.9. The molecule has 0 bridgehead atoms. The Morgan fingerprint density at radius 2 is 1.95 bits per heavy atom. The minimum atomic E-state index is -0.585. The molecule has 1 rings (SSSR count). The van der Waals surface area contributed by atoms with E-state index in [1.165, 1.54) is 0 Å². The molecule has 0 spiro atoms. The summed E-state index contributed by atoms with van der Waals surface area (Å²) in [6.07, 6.45) is 5.99. The van der Waals surface area contributed by atoms with Gasteiger partial charge in [0.15, 0.2) is 0 Å². The lowest BCUT2D eigenvalue weighted by atomic mass is 10.0. The maximum absolute atomic E-state index is 12.1. The summed E-state index contributed by atoms with van der Waals surface area (Å²) in [5.41, 5.74) is -0.585. The summed E-state index contributed by atoms with van der Waals surface area (Å²) in [4.78, 5) is 14.1. The van der Waals surface area contributed by atoms with Crippen LogP contribution in [0.4, 0.5) is 0 Å². The molecular weight excluding hydrogens is 240 g/mol. The van der Waals surface area contributed by atoms with Crippen molar-refractivity contribution in [1.29, 1.82) is 0 Å². The summed E-state index contributed by atoms with van der Waals surface area (Å²) in [6.45, 7) is 6.66. The van der Waals surface area contributed by atoms with Gasteiger partial charge in [0.05, 0.1) is 11.6 Å². The van der Waals surface area contributed by atoms with Gasteiger partial charge in [0.1, 0.15) is 0 Å². The molecule has 1 aliphatic carbocycles. The number of carbonyl (C=O) groups is 1. The number of hydrogen-bond acceptors (Lipinski definition) is 3. The Hall–Kier alpha value is -0.610. The number of aliphatic hydroxyl groups is 1.